The number of hydrogen-bond acceptors (Lipinski definition) is 2. The van der Waals surface area contributed by atoms with E-state index in [4.69, 9.17) is 9.84 Å². The molecule has 4 heteroatoms. The van der Waals surface area contributed by atoms with Crippen molar-refractivity contribution >= 4 is 21.9 Å². The van der Waals surface area contributed by atoms with Gasteiger partial charge in [-0.3, -0.25) is 0 Å². The Morgan fingerprint density at radius 3 is 2.73 bits per heavy atom. The second kappa shape index (κ2) is 4.77. The summed E-state index contributed by atoms with van der Waals surface area (Å²) in [5.41, 5.74) is -0.648. The Bertz CT molecular complexity index is 365. The van der Waals surface area contributed by atoms with Crippen LogP contribution in [0.4, 0.5) is 0 Å². The Labute approximate surface area is 97.2 Å². The minimum absolute atomic E-state index is 0.356. The smallest absolute Gasteiger partial charge is 0.340 e. The summed E-state index contributed by atoms with van der Waals surface area (Å²) in [7, 11) is 0. The Morgan fingerprint density at radius 2 is 2.27 bits per heavy atom. The highest BCUT2D eigenvalue weighted by Gasteiger charge is 2.35. The quantitative estimate of drug-likeness (QED) is 0.917. The van der Waals surface area contributed by atoms with Crippen molar-refractivity contribution in [1.29, 1.82) is 0 Å². The van der Waals surface area contributed by atoms with Crippen LogP contribution >= 0.6 is 15.9 Å². The molecule has 0 fully saturated rings. The number of carboxylic acid groups (broad SMARTS) is 1. The molecule has 1 rings (SSSR count). The van der Waals surface area contributed by atoms with Gasteiger partial charge < -0.3 is 9.84 Å². The van der Waals surface area contributed by atoms with Crippen LogP contribution in [0.25, 0.3) is 0 Å². The molecule has 0 bridgehead atoms. The van der Waals surface area contributed by atoms with Gasteiger partial charge in [0.15, 0.2) is 5.60 Å². The summed E-state index contributed by atoms with van der Waals surface area (Å²) in [6.45, 7) is 3.69. The molecule has 1 aromatic carbocycles. The zero-order valence-corrected chi connectivity index (χ0v) is 10.2. The normalized spacial score (nSPS) is 14.6. The lowest BCUT2D eigenvalue weighted by atomic mass is 9.96. The minimum Gasteiger partial charge on any atom is -0.479 e. The Hall–Kier alpha value is -0.870. The van der Waals surface area contributed by atoms with E-state index in [9.17, 15) is 4.79 Å². The van der Waals surface area contributed by atoms with Gasteiger partial charge in [0.25, 0.3) is 0 Å². The van der Waals surface area contributed by atoms with E-state index in [2.05, 4.69) is 15.9 Å². The SMILES string of the molecule is CCOC(C)(C(=O)O)c1cccc(Br)c1. The van der Waals surface area contributed by atoms with E-state index in [0.717, 1.165) is 4.47 Å². The zero-order valence-electron chi connectivity index (χ0n) is 8.66. The lowest BCUT2D eigenvalue weighted by molar-refractivity contribution is -0.164. The molecule has 82 valence electrons. The summed E-state index contributed by atoms with van der Waals surface area (Å²) >= 11 is 3.31. The van der Waals surface area contributed by atoms with Crippen LogP contribution in [0.15, 0.2) is 28.7 Å². The molecule has 1 aromatic rings. The van der Waals surface area contributed by atoms with E-state index >= 15 is 0 Å². The van der Waals surface area contributed by atoms with E-state index in [1.54, 1.807) is 32.0 Å². The Kier molecular flexibility index (Phi) is 3.88. The maximum Gasteiger partial charge on any atom is 0.340 e. The van der Waals surface area contributed by atoms with Crippen LogP contribution in [-0.2, 0) is 15.1 Å². The van der Waals surface area contributed by atoms with Crippen molar-refractivity contribution in [2.45, 2.75) is 19.4 Å². The number of carboxylic acids is 1. The molecule has 1 unspecified atom stereocenters. The summed E-state index contributed by atoms with van der Waals surface area (Å²) in [5, 5.41) is 9.17. The second-order valence-electron chi connectivity index (χ2n) is 3.28. The first-order chi connectivity index (χ1) is 7.00. The van der Waals surface area contributed by atoms with Gasteiger partial charge in [-0.15, -0.1) is 0 Å². The summed E-state index contributed by atoms with van der Waals surface area (Å²) in [6, 6.07) is 7.13. The molecule has 0 aromatic heterocycles. The molecule has 1 atom stereocenters. The summed E-state index contributed by atoms with van der Waals surface area (Å²) in [4.78, 5) is 11.2. The van der Waals surface area contributed by atoms with Crippen molar-refractivity contribution in [2.75, 3.05) is 6.61 Å². The van der Waals surface area contributed by atoms with Gasteiger partial charge in [0, 0.05) is 11.1 Å². The molecule has 0 heterocycles. The summed E-state index contributed by atoms with van der Waals surface area (Å²) < 4.78 is 6.15. The predicted octanol–water partition coefficient (Wildman–Crippen LogP) is 2.79. The molecule has 3 nitrogen and oxygen atoms in total. The van der Waals surface area contributed by atoms with E-state index < -0.39 is 11.6 Å². The standard InChI is InChI=1S/C11H13BrO3/c1-3-15-11(2,10(13)14)8-5-4-6-9(12)7-8/h4-7H,3H2,1-2H3,(H,13,14). The lowest BCUT2D eigenvalue weighted by Gasteiger charge is -2.25. The van der Waals surface area contributed by atoms with Crippen molar-refractivity contribution < 1.29 is 14.6 Å². The van der Waals surface area contributed by atoms with Gasteiger partial charge in [-0.05, 0) is 31.5 Å². The minimum atomic E-state index is -1.28. The van der Waals surface area contributed by atoms with Gasteiger partial charge in [-0.25, -0.2) is 4.79 Å². The topological polar surface area (TPSA) is 46.5 Å². The van der Waals surface area contributed by atoms with Gasteiger partial charge >= 0.3 is 5.97 Å². The molecule has 0 saturated heterocycles. The average Bonchev–Trinajstić information content (AvgIpc) is 2.17. The highest BCUT2D eigenvalue weighted by molar-refractivity contribution is 9.10. The van der Waals surface area contributed by atoms with Crippen LogP contribution in [0.2, 0.25) is 0 Å². The van der Waals surface area contributed by atoms with Gasteiger partial charge in [-0.1, -0.05) is 28.1 Å². The van der Waals surface area contributed by atoms with Crippen LogP contribution in [0.3, 0.4) is 0 Å². The average molecular weight is 273 g/mol. The number of benzene rings is 1. The molecule has 1 N–H and O–H groups in total. The van der Waals surface area contributed by atoms with E-state index in [0.29, 0.717) is 12.2 Å². The third-order valence-corrected chi connectivity index (χ3v) is 2.71. The molecule has 0 aliphatic rings. The third-order valence-electron chi connectivity index (χ3n) is 2.22. The number of aliphatic carboxylic acids is 1. The van der Waals surface area contributed by atoms with E-state index in [1.807, 2.05) is 6.07 Å². The van der Waals surface area contributed by atoms with Gasteiger partial charge in [0.1, 0.15) is 0 Å². The highest BCUT2D eigenvalue weighted by atomic mass is 79.9. The maximum atomic E-state index is 11.2. The van der Waals surface area contributed by atoms with E-state index in [1.165, 1.54) is 0 Å². The molecule has 0 spiro atoms. The number of ether oxygens (including phenoxy) is 1. The first-order valence-corrected chi connectivity index (χ1v) is 5.43. The Morgan fingerprint density at radius 1 is 1.60 bits per heavy atom. The third kappa shape index (κ3) is 2.58. The number of carbonyl (C=O) groups is 1. The molecule has 0 aliphatic carbocycles. The molecule has 0 aliphatic heterocycles. The highest BCUT2D eigenvalue weighted by Crippen LogP contribution is 2.27. The number of hydrogen-bond donors (Lipinski definition) is 1. The Balaban J connectivity index is 3.15. The van der Waals surface area contributed by atoms with Crippen molar-refractivity contribution in [3.8, 4) is 0 Å². The molecule has 0 saturated carbocycles. The fourth-order valence-corrected chi connectivity index (χ4v) is 1.74. The van der Waals surface area contributed by atoms with Gasteiger partial charge in [-0.2, -0.15) is 0 Å². The van der Waals surface area contributed by atoms with Crippen molar-refractivity contribution in [2.24, 2.45) is 0 Å². The van der Waals surface area contributed by atoms with Gasteiger partial charge in [0.2, 0.25) is 0 Å². The fourth-order valence-electron chi connectivity index (χ4n) is 1.34. The van der Waals surface area contributed by atoms with Crippen LogP contribution in [0.5, 0.6) is 0 Å². The number of rotatable bonds is 4. The van der Waals surface area contributed by atoms with Crippen LogP contribution < -0.4 is 0 Å². The molecule has 15 heavy (non-hydrogen) atoms. The first kappa shape index (κ1) is 12.2. The second-order valence-corrected chi connectivity index (χ2v) is 4.20. The van der Waals surface area contributed by atoms with Crippen LogP contribution in [0.1, 0.15) is 19.4 Å². The fraction of sp³-hybridized carbons (Fsp3) is 0.364. The number of halogens is 1. The van der Waals surface area contributed by atoms with Crippen molar-refractivity contribution in [1.82, 2.24) is 0 Å². The summed E-state index contributed by atoms with van der Waals surface area (Å²) in [6.07, 6.45) is 0. The molecule has 0 radical (unpaired) electrons. The van der Waals surface area contributed by atoms with Crippen LogP contribution in [-0.4, -0.2) is 17.7 Å². The first-order valence-electron chi connectivity index (χ1n) is 4.64. The monoisotopic (exact) mass is 272 g/mol. The molecular weight excluding hydrogens is 260 g/mol. The maximum absolute atomic E-state index is 11.2. The van der Waals surface area contributed by atoms with Crippen molar-refractivity contribution in [3.05, 3.63) is 34.3 Å². The van der Waals surface area contributed by atoms with Gasteiger partial charge in [0.05, 0.1) is 0 Å². The van der Waals surface area contributed by atoms with Crippen molar-refractivity contribution in [3.63, 3.8) is 0 Å². The molecule has 0 amide bonds. The van der Waals surface area contributed by atoms with E-state index in [-0.39, 0.29) is 0 Å². The lowest BCUT2D eigenvalue weighted by Crippen LogP contribution is -2.35. The largest absolute Gasteiger partial charge is 0.479 e. The zero-order chi connectivity index (χ0) is 11.5. The predicted molar refractivity (Wildman–Crippen MR) is 60.8 cm³/mol. The summed E-state index contributed by atoms with van der Waals surface area (Å²) in [5.74, 6) is -0.984. The molecular formula is C11H13BrO3. The van der Waals surface area contributed by atoms with Crippen LogP contribution in [0, 0.1) is 0 Å².